The lowest BCUT2D eigenvalue weighted by atomic mass is 10.3. The number of sulfonamides is 2. The quantitative estimate of drug-likeness (QED) is 0.311. The topological polar surface area (TPSA) is 214 Å². The molecule has 0 unspecified atom stereocenters. The fourth-order valence-corrected chi connectivity index (χ4v) is 7.45. The number of fused-ring (bicyclic) bond motifs is 2. The van der Waals surface area contributed by atoms with Gasteiger partial charge in [-0.15, -0.1) is 0 Å². The van der Waals surface area contributed by atoms with Crippen molar-refractivity contribution in [2.24, 2.45) is 0 Å². The van der Waals surface area contributed by atoms with E-state index in [-0.39, 0.29) is 11.4 Å². The number of hydrogen-bond acceptors (Lipinski definition) is 10. The maximum absolute atomic E-state index is 13.6. The van der Waals surface area contributed by atoms with Gasteiger partial charge < -0.3 is 10.0 Å². The first-order valence-corrected chi connectivity index (χ1v) is 15.1. The van der Waals surface area contributed by atoms with Crippen LogP contribution in [0.5, 0.6) is 0 Å². The molecule has 0 atom stereocenters. The zero-order chi connectivity index (χ0) is 30.7. The van der Waals surface area contributed by atoms with Crippen LogP contribution in [-0.4, -0.2) is 82.6 Å². The number of nitrogens with zero attached hydrogens (tertiary/aromatic N) is 6. The van der Waals surface area contributed by atoms with Crippen molar-refractivity contribution >= 4 is 37.5 Å². The molecule has 2 bridgehead atoms. The van der Waals surface area contributed by atoms with Crippen LogP contribution in [-0.2, 0) is 33.1 Å². The Balaban J connectivity index is 1.78. The molecule has 16 nitrogen and oxygen atoms in total. The van der Waals surface area contributed by atoms with Crippen molar-refractivity contribution in [3.63, 3.8) is 0 Å². The van der Waals surface area contributed by atoms with Gasteiger partial charge in [-0.05, 0) is 24.3 Å². The van der Waals surface area contributed by atoms with Crippen molar-refractivity contribution in [2.45, 2.75) is 22.9 Å². The van der Waals surface area contributed by atoms with Crippen molar-refractivity contribution in [2.75, 3.05) is 26.2 Å². The van der Waals surface area contributed by atoms with E-state index in [1.54, 1.807) is 0 Å². The summed E-state index contributed by atoms with van der Waals surface area (Å²) in [6, 6.07) is 14.0. The lowest BCUT2D eigenvalue weighted by Gasteiger charge is -2.29. The monoisotopic (exact) mass is 620 g/mol. The van der Waals surface area contributed by atoms with Gasteiger partial charge in [0, 0.05) is 38.3 Å². The standard InChI is InChI=1S/C24H24N6O10S2/c31-24(32)26-12-14-27(41(37,38)22-10-3-1-8-20(22)29(33)34)16-18-6-5-7-19(25-18)17-28(15-13-26)42(39,40)23-11-4-2-9-21(23)30(35)36/h1-11H,12-17H2,(H,31,32). The number of pyridine rings is 1. The first-order valence-electron chi connectivity index (χ1n) is 12.2. The van der Waals surface area contributed by atoms with E-state index in [4.69, 9.17) is 0 Å². The average molecular weight is 621 g/mol. The van der Waals surface area contributed by atoms with Crippen LogP contribution >= 0.6 is 0 Å². The van der Waals surface area contributed by atoms with E-state index >= 15 is 0 Å². The number of rotatable bonds is 6. The Morgan fingerprint density at radius 3 is 1.48 bits per heavy atom. The van der Waals surface area contributed by atoms with Gasteiger partial charge in [0.05, 0.1) is 34.3 Å². The fraction of sp³-hybridized carbons (Fsp3) is 0.250. The lowest BCUT2D eigenvalue weighted by molar-refractivity contribution is -0.388. The van der Waals surface area contributed by atoms with Gasteiger partial charge in [0.25, 0.3) is 11.4 Å². The Bertz CT molecular complexity index is 1630. The number of benzene rings is 2. The number of carbonyl (C=O) groups is 1. The third-order valence-corrected chi connectivity index (χ3v) is 10.2. The van der Waals surface area contributed by atoms with Crippen LogP contribution in [0.2, 0.25) is 0 Å². The normalized spacial score (nSPS) is 15.8. The molecule has 0 radical (unpaired) electrons. The van der Waals surface area contributed by atoms with Gasteiger partial charge in [-0.25, -0.2) is 21.6 Å². The highest BCUT2D eigenvalue weighted by Crippen LogP contribution is 2.29. The molecule has 1 aliphatic heterocycles. The summed E-state index contributed by atoms with van der Waals surface area (Å²) in [5.41, 5.74) is -1.01. The minimum absolute atomic E-state index is 0.153. The highest BCUT2D eigenvalue weighted by molar-refractivity contribution is 7.89. The van der Waals surface area contributed by atoms with Gasteiger partial charge in [0.2, 0.25) is 20.0 Å². The third-order valence-electron chi connectivity index (χ3n) is 6.41. The summed E-state index contributed by atoms with van der Waals surface area (Å²) in [5.74, 6) is 0. The molecule has 1 amide bonds. The molecule has 4 rings (SSSR count). The van der Waals surface area contributed by atoms with E-state index in [1.165, 1.54) is 42.5 Å². The highest BCUT2D eigenvalue weighted by Gasteiger charge is 2.35. The summed E-state index contributed by atoms with van der Waals surface area (Å²) >= 11 is 0. The number of para-hydroxylation sites is 2. The minimum atomic E-state index is -4.53. The molecule has 222 valence electrons. The Morgan fingerprint density at radius 2 is 1.10 bits per heavy atom. The Kier molecular flexibility index (Phi) is 8.81. The second-order valence-corrected chi connectivity index (χ2v) is 12.8. The van der Waals surface area contributed by atoms with Crippen molar-refractivity contribution in [1.82, 2.24) is 18.5 Å². The van der Waals surface area contributed by atoms with E-state index in [9.17, 15) is 47.0 Å². The summed E-state index contributed by atoms with van der Waals surface area (Å²) < 4.78 is 56.2. The molecule has 42 heavy (non-hydrogen) atoms. The number of carboxylic acid groups (broad SMARTS) is 1. The van der Waals surface area contributed by atoms with Crippen molar-refractivity contribution in [3.05, 3.63) is 98.3 Å². The number of nitro groups is 2. The molecule has 2 heterocycles. The summed E-state index contributed by atoms with van der Waals surface area (Å²) in [4.78, 5) is 37.5. The molecule has 0 spiro atoms. The predicted octanol–water partition coefficient (Wildman–Crippen LogP) is 2.27. The molecular weight excluding hydrogens is 596 g/mol. The molecule has 1 N–H and O–H groups in total. The third kappa shape index (κ3) is 6.35. The number of hydrogen-bond donors (Lipinski definition) is 1. The van der Waals surface area contributed by atoms with Crippen molar-refractivity contribution in [1.29, 1.82) is 0 Å². The van der Waals surface area contributed by atoms with Crippen LogP contribution in [0.3, 0.4) is 0 Å². The first kappa shape index (κ1) is 30.4. The van der Waals surface area contributed by atoms with Gasteiger partial charge in [-0.2, -0.15) is 8.61 Å². The number of amides is 1. The minimum Gasteiger partial charge on any atom is -0.465 e. The Labute approximate surface area is 239 Å². The zero-order valence-electron chi connectivity index (χ0n) is 21.7. The summed E-state index contributed by atoms with van der Waals surface area (Å²) in [7, 11) is -9.05. The predicted molar refractivity (Wildman–Crippen MR) is 145 cm³/mol. The maximum atomic E-state index is 13.6. The van der Waals surface area contributed by atoms with Gasteiger partial charge in [-0.1, -0.05) is 30.3 Å². The maximum Gasteiger partial charge on any atom is 0.407 e. The molecule has 18 heteroatoms. The van der Waals surface area contributed by atoms with Crippen LogP contribution in [0, 0.1) is 20.2 Å². The van der Waals surface area contributed by atoms with Crippen molar-refractivity contribution < 1.29 is 36.6 Å². The van der Waals surface area contributed by atoms with Crippen molar-refractivity contribution in [3.8, 4) is 0 Å². The average Bonchev–Trinajstić information content (AvgIpc) is 2.95. The van der Waals surface area contributed by atoms with Gasteiger partial charge in [-0.3, -0.25) is 25.2 Å². The molecule has 0 saturated carbocycles. The van der Waals surface area contributed by atoms with Gasteiger partial charge in [0.15, 0.2) is 9.79 Å². The highest BCUT2D eigenvalue weighted by atomic mass is 32.2. The van der Waals surface area contributed by atoms with E-state index < -0.39 is 96.4 Å². The zero-order valence-corrected chi connectivity index (χ0v) is 23.3. The number of nitro benzene ring substituents is 2. The van der Waals surface area contributed by atoms with Crippen LogP contribution in [0.15, 0.2) is 76.5 Å². The fourth-order valence-electron chi connectivity index (χ4n) is 4.33. The second-order valence-electron chi connectivity index (χ2n) is 9.02. The smallest absolute Gasteiger partial charge is 0.407 e. The van der Waals surface area contributed by atoms with E-state index in [0.717, 1.165) is 37.8 Å². The first-order chi connectivity index (χ1) is 19.8. The molecule has 1 aromatic heterocycles. The largest absolute Gasteiger partial charge is 0.465 e. The molecule has 1 aliphatic rings. The van der Waals surface area contributed by atoms with Crippen LogP contribution < -0.4 is 0 Å². The summed E-state index contributed by atoms with van der Waals surface area (Å²) in [5, 5.41) is 32.9. The van der Waals surface area contributed by atoms with E-state index in [1.807, 2.05) is 0 Å². The molecular formula is C24H24N6O10S2. The molecule has 2 aromatic carbocycles. The second kappa shape index (κ2) is 12.1. The van der Waals surface area contributed by atoms with E-state index in [2.05, 4.69) is 4.98 Å². The Morgan fingerprint density at radius 1 is 0.690 bits per heavy atom. The SMILES string of the molecule is O=C(O)N1CCN(S(=O)(=O)c2ccccc2[N+](=O)[O-])Cc2cccc(n2)CN(S(=O)(=O)c2ccccc2[N+](=O)[O-])CC1. The lowest BCUT2D eigenvalue weighted by Crippen LogP contribution is -2.45. The summed E-state index contributed by atoms with van der Waals surface area (Å²) in [6.45, 7) is -2.55. The van der Waals surface area contributed by atoms with Gasteiger partial charge in [0.1, 0.15) is 0 Å². The Hall–Kier alpha value is -4.52. The molecule has 0 saturated heterocycles. The van der Waals surface area contributed by atoms with Gasteiger partial charge >= 0.3 is 6.09 Å². The van der Waals surface area contributed by atoms with Crippen LogP contribution in [0.1, 0.15) is 11.4 Å². The van der Waals surface area contributed by atoms with Crippen LogP contribution in [0.4, 0.5) is 16.2 Å². The molecule has 0 fully saturated rings. The summed E-state index contributed by atoms with van der Waals surface area (Å²) in [6.07, 6.45) is -1.48. The molecule has 0 aliphatic carbocycles. The number of aromatic nitrogens is 1. The molecule has 3 aromatic rings. The van der Waals surface area contributed by atoms with Crippen LogP contribution in [0.25, 0.3) is 0 Å². The van der Waals surface area contributed by atoms with E-state index in [0.29, 0.717) is 0 Å².